The number of aliphatic hydroxyl groups excluding tert-OH is 1. The summed E-state index contributed by atoms with van der Waals surface area (Å²) >= 11 is 0. The molecule has 0 amide bonds. The molecule has 2 saturated heterocycles. The van der Waals surface area contributed by atoms with Crippen LogP contribution in [0.1, 0.15) is 49.8 Å². The van der Waals surface area contributed by atoms with E-state index >= 15 is 0 Å². The molecule has 1 spiro atoms. The lowest BCUT2D eigenvalue weighted by molar-refractivity contribution is -1.05. The molecule has 3 heterocycles. The molecule has 1 N–H and O–H groups in total. The zero-order chi connectivity index (χ0) is 22.9. The number of para-hydroxylation sites is 1. The number of quaternary nitrogens is 1. The number of hydrogen-bond acceptors (Lipinski definition) is 2. The Bertz CT molecular complexity index is 1390. The average molecular weight is 450 g/mol. The van der Waals surface area contributed by atoms with E-state index in [1.807, 2.05) is 12.3 Å². The van der Waals surface area contributed by atoms with Crippen molar-refractivity contribution in [2.45, 2.75) is 56.8 Å². The first-order valence-corrected chi connectivity index (χ1v) is 13.0. The molecule has 5 unspecified atom stereocenters. The Morgan fingerprint density at radius 2 is 1.85 bits per heavy atom. The fourth-order valence-electron chi connectivity index (χ4n) is 8.31. The van der Waals surface area contributed by atoms with Crippen molar-refractivity contribution < 1.29 is 9.59 Å². The van der Waals surface area contributed by atoms with Gasteiger partial charge in [-0.05, 0) is 40.5 Å². The third-order valence-corrected chi connectivity index (χ3v) is 10.0. The van der Waals surface area contributed by atoms with Gasteiger partial charge in [0.25, 0.3) is 0 Å². The quantitative estimate of drug-likeness (QED) is 0.358. The normalized spacial score (nSPS) is 32.6. The number of benzene rings is 3. The minimum absolute atomic E-state index is 0.243. The second-order valence-corrected chi connectivity index (χ2v) is 11.1. The third-order valence-electron chi connectivity index (χ3n) is 10.0. The van der Waals surface area contributed by atoms with Crippen LogP contribution >= 0.6 is 0 Å². The zero-order valence-electron chi connectivity index (χ0n) is 19.9. The van der Waals surface area contributed by atoms with Crippen LogP contribution in [0.15, 0.2) is 79.0 Å². The smallest absolute Gasteiger partial charge is 0.131 e. The number of aliphatic hydroxyl groups is 1. The lowest BCUT2D eigenvalue weighted by Crippen LogP contribution is -2.79. The lowest BCUT2D eigenvalue weighted by Gasteiger charge is -2.67. The van der Waals surface area contributed by atoms with E-state index in [1.165, 1.54) is 42.1 Å². The SMILES string of the molecule is CCC1CC23CC[N+]2(Cc2ccc4ccccc4c2)C([C@@H](O)c2ccnc4ccccc24)CC13. The van der Waals surface area contributed by atoms with Crippen LogP contribution < -0.4 is 0 Å². The minimum atomic E-state index is -0.464. The summed E-state index contributed by atoms with van der Waals surface area (Å²) in [7, 11) is 0. The molecule has 3 heteroatoms. The van der Waals surface area contributed by atoms with Crippen molar-refractivity contribution in [3.8, 4) is 0 Å². The summed E-state index contributed by atoms with van der Waals surface area (Å²) in [4.78, 5) is 4.56. The van der Waals surface area contributed by atoms with Crippen LogP contribution in [-0.2, 0) is 6.54 Å². The maximum Gasteiger partial charge on any atom is 0.131 e. The van der Waals surface area contributed by atoms with Crippen LogP contribution in [0.5, 0.6) is 0 Å². The molecule has 3 aromatic carbocycles. The fraction of sp³-hybridized carbons (Fsp3) is 0.387. The molecule has 7 rings (SSSR count). The van der Waals surface area contributed by atoms with Gasteiger partial charge in [0.2, 0.25) is 0 Å². The Labute approximate surface area is 201 Å². The van der Waals surface area contributed by atoms with E-state index in [-0.39, 0.29) is 6.04 Å². The number of hydrogen-bond donors (Lipinski definition) is 1. The Kier molecular flexibility index (Phi) is 4.47. The fourth-order valence-corrected chi connectivity index (χ4v) is 8.31. The molecular formula is C31H33N2O+. The van der Waals surface area contributed by atoms with Gasteiger partial charge in [-0.15, -0.1) is 0 Å². The monoisotopic (exact) mass is 449 g/mol. The molecule has 1 saturated carbocycles. The summed E-state index contributed by atoms with van der Waals surface area (Å²) in [5.41, 5.74) is 3.82. The number of aromatic nitrogens is 1. The number of fused-ring (bicyclic) bond motifs is 2. The van der Waals surface area contributed by atoms with E-state index in [9.17, 15) is 5.11 Å². The molecule has 3 aliphatic rings. The van der Waals surface area contributed by atoms with Crippen LogP contribution in [0, 0.1) is 11.8 Å². The van der Waals surface area contributed by atoms with Gasteiger partial charge in [-0.3, -0.25) is 4.98 Å². The van der Waals surface area contributed by atoms with E-state index in [1.54, 1.807) is 0 Å². The summed E-state index contributed by atoms with van der Waals surface area (Å²) in [6.07, 6.45) is 6.48. The number of pyridine rings is 1. The Hall–Kier alpha value is -2.75. The van der Waals surface area contributed by atoms with E-state index in [0.29, 0.717) is 5.54 Å². The van der Waals surface area contributed by atoms with E-state index in [2.05, 4.69) is 78.6 Å². The van der Waals surface area contributed by atoms with Crippen LogP contribution in [0.25, 0.3) is 21.7 Å². The topological polar surface area (TPSA) is 33.1 Å². The first-order valence-electron chi connectivity index (χ1n) is 13.0. The maximum atomic E-state index is 12.0. The van der Waals surface area contributed by atoms with Gasteiger partial charge in [-0.1, -0.05) is 67.9 Å². The highest BCUT2D eigenvalue weighted by atomic mass is 16.3. The predicted molar refractivity (Wildman–Crippen MR) is 137 cm³/mol. The molecule has 34 heavy (non-hydrogen) atoms. The molecular weight excluding hydrogens is 416 g/mol. The van der Waals surface area contributed by atoms with E-state index < -0.39 is 6.10 Å². The summed E-state index contributed by atoms with van der Waals surface area (Å²) in [6.45, 7) is 4.57. The van der Waals surface area contributed by atoms with Crippen molar-refractivity contribution >= 4 is 21.7 Å². The molecule has 2 aliphatic heterocycles. The molecule has 3 fully saturated rings. The molecule has 172 valence electrons. The standard InChI is InChI=1S/C31H33N2O/c1-2-22-19-31-14-16-33(31,20-21-11-12-23-7-3-4-8-24(23)17-21)29(18-27(22)31)30(34)26-13-15-32-28-10-6-5-9-25(26)28/h3-13,15,17,22,27,29-30,34H,2,14,16,18-20H2,1H3/q+1/t22?,27?,29?,30-,31?,33?/m0/s1. The molecule has 0 bridgehead atoms. The van der Waals surface area contributed by atoms with Crippen molar-refractivity contribution in [1.29, 1.82) is 0 Å². The van der Waals surface area contributed by atoms with Crippen LogP contribution in [0.3, 0.4) is 0 Å². The highest BCUT2D eigenvalue weighted by Crippen LogP contribution is 2.69. The second kappa shape index (κ2) is 7.37. The van der Waals surface area contributed by atoms with Gasteiger partial charge in [0.1, 0.15) is 24.2 Å². The average Bonchev–Trinajstić information content (AvgIpc) is 2.99. The summed E-state index contributed by atoms with van der Waals surface area (Å²) < 4.78 is 1.07. The van der Waals surface area contributed by atoms with Gasteiger partial charge in [0.05, 0.1) is 18.5 Å². The molecule has 1 aromatic heterocycles. The molecule has 3 nitrogen and oxygen atoms in total. The van der Waals surface area contributed by atoms with Gasteiger partial charge < -0.3 is 9.59 Å². The Balaban J connectivity index is 1.32. The summed E-state index contributed by atoms with van der Waals surface area (Å²) in [5, 5.41) is 15.8. The molecule has 0 radical (unpaired) electrons. The van der Waals surface area contributed by atoms with Crippen LogP contribution in [-0.4, -0.2) is 32.7 Å². The highest BCUT2D eigenvalue weighted by Gasteiger charge is 2.78. The Morgan fingerprint density at radius 1 is 1.03 bits per heavy atom. The van der Waals surface area contributed by atoms with Crippen molar-refractivity contribution in [2.75, 3.05) is 6.54 Å². The predicted octanol–water partition coefficient (Wildman–Crippen LogP) is 6.40. The first kappa shape index (κ1) is 20.6. The highest BCUT2D eigenvalue weighted by molar-refractivity contribution is 5.83. The van der Waals surface area contributed by atoms with Crippen LogP contribution in [0.4, 0.5) is 0 Å². The molecule has 4 aromatic rings. The largest absolute Gasteiger partial charge is 0.382 e. The summed E-state index contributed by atoms with van der Waals surface area (Å²) in [6, 6.07) is 26.3. The van der Waals surface area contributed by atoms with Crippen LogP contribution in [0.2, 0.25) is 0 Å². The lowest BCUT2D eigenvalue weighted by atomic mass is 9.53. The van der Waals surface area contributed by atoms with Crippen molar-refractivity contribution in [1.82, 2.24) is 4.98 Å². The molecule has 1 aliphatic carbocycles. The summed E-state index contributed by atoms with van der Waals surface area (Å²) in [5.74, 6) is 1.57. The van der Waals surface area contributed by atoms with Gasteiger partial charge in [0.15, 0.2) is 0 Å². The molecule has 6 atom stereocenters. The second-order valence-electron chi connectivity index (χ2n) is 11.1. The minimum Gasteiger partial charge on any atom is -0.382 e. The number of nitrogens with zero attached hydrogens (tertiary/aromatic N) is 2. The maximum absolute atomic E-state index is 12.0. The van der Waals surface area contributed by atoms with Gasteiger partial charge in [0, 0.05) is 35.9 Å². The van der Waals surface area contributed by atoms with Crippen molar-refractivity contribution in [3.05, 3.63) is 90.1 Å². The third kappa shape index (κ3) is 2.63. The van der Waals surface area contributed by atoms with Crippen molar-refractivity contribution in [2.24, 2.45) is 11.8 Å². The van der Waals surface area contributed by atoms with Gasteiger partial charge >= 0.3 is 0 Å². The van der Waals surface area contributed by atoms with E-state index in [4.69, 9.17) is 0 Å². The van der Waals surface area contributed by atoms with Crippen molar-refractivity contribution in [3.63, 3.8) is 0 Å². The van der Waals surface area contributed by atoms with E-state index in [0.717, 1.165) is 45.8 Å². The zero-order valence-corrected chi connectivity index (χ0v) is 19.9. The first-order chi connectivity index (χ1) is 16.6. The van der Waals surface area contributed by atoms with Gasteiger partial charge in [-0.25, -0.2) is 0 Å². The Morgan fingerprint density at radius 3 is 2.68 bits per heavy atom. The van der Waals surface area contributed by atoms with Gasteiger partial charge in [-0.2, -0.15) is 0 Å². The number of rotatable bonds is 5.